The van der Waals surface area contributed by atoms with Gasteiger partial charge in [0.2, 0.25) is 0 Å². The summed E-state index contributed by atoms with van der Waals surface area (Å²) in [5.41, 5.74) is 1.20. The van der Waals surface area contributed by atoms with Crippen LogP contribution in [0.5, 0.6) is 11.5 Å². The highest BCUT2D eigenvalue weighted by molar-refractivity contribution is 6.08. The molecule has 1 heterocycles. The number of carbonyl (C=O) groups excluding carboxylic acids is 1. The molecule has 0 unspecified atom stereocenters. The molecule has 1 aliphatic heterocycles. The quantitative estimate of drug-likeness (QED) is 0.398. The van der Waals surface area contributed by atoms with Gasteiger partial charge in [0.25, 0.3) is 5.91 Å². The lowest BCUT2D eigenvalue weighted by molar-refractivity contribution is 0.00708. The van der Waals surface area contributed by atoms with E-state index in [1.807, 2.05) is 30.3 Å². The third-order valence-electron chi connectivity index (χ3n) is 5.88. The van der Waals surface area contributed by atoms with E-state index in [1.54, 1.807) is 18.2 Å². The molecule has 7 nitrogen and oxygen atoms in total. The Balaban J connectivity index is 1.31. The summed E-state index contributed by atoms with van der Waals surface area (Å²) in [4.78, 5) is 13.1. The van der Waals surface area contributed by atoms with Crippen LogP contribution >= 0.6 is 0 Å². The number of fused-ring (bicyclic) bond motifs is 3. The molecule has 0 aromatic heterocycles. The standard InChI is InChI=1S/C29H29NO6/c31-29(24-6-5-23-17-21-3-1-2-4-22(21)18-25(23)19-24)30-26-7-8-27-28(20-26)36-16-14-34-12-10-32-9-11-33-13-15-35-27/h1-8,17-20H,9-16H2,(H,30,31). The van der Waals surface area contributed by atoms with Gasteiger partial charge in [-0.3, -0.25) is 4.79 Å². The summed E-state index contributed by atoms with van der Waals surface area (Å²) in [5.74, 6) is 0.924. The van der Waals surface area contributed by atoms with E-state index < -0.39 is 0 Å². The first-order valence-corrected chi connectivity index (χ1v) is 12.1. The first-order valence-electron chi connectivity index (χ1n) is 12.1. The summed E-state index contributed by atoms with van der Waals surface area (Å²) >= 11 is 0. The van der Waals surface area contributed by atoms with Crippen molar-refractivity contribution in [2.24, 2.45) is 0 Å². The molecule has 1 aliphatic rings. The smallest absolute Gasteiger partial charge is 0.255 e. The molecule has 1 N–H and O–H groups in total. The van der Waals surface area contributed by atoms with E-state index >= 15 is 0 Å². The van der Waals surface area contributed by atoms with Crippen molar-refractivity contribution in [1.82, 2.24) is 0 Å². The zero-order valence-electron chi connectivity index (χ0n) is 20.0. The van der Waals surface area contributed by atoms with Crippen molar-refractivity contribution in [2.75, 3.05) is 58.2 Å². The number of nitrogens with one attached hydrogen (secondary N) is 1. The van der Waals surface area contributed by atoms with Gasteiger partial charge >= 0.3 is 0 Å². The minimum absolute atomic E-state index is 0.195. The maximum absolute atomic E-state index is 13.1. The molecule has 4 aromatic carbocycles. The van der Waals surface area contributed by atoms with Gasteiger partial charge in [0.15, 0.2) is 11.5 Å². The van der Waals surface area contributed by atoms with E-state index in [9.17, 15) is 4.79 Å². The molecule has 0 spiro atoms. The van der Waals surface area contributed by atoms with E-state index in [-0.39, 0.29) is 5.91 Å². The SMILES string of the molecule is O=C(Nc1ccc2c(c1)OCCOCCOCCOCCO2)c1ccc2cc3ccccc3cc2c1. The second-order valence-electron chi connectivity index (χ2n) is 8.41. The molecule has 1 amide bonds. The summed E-state index contributed by atoms with van der Waals surface area (Å²) in [6.07, 6.45) is 0. The highest BCUT2D eigenvalue weighted by atomic mass is 16.6. The maximum atomic E-state index is 13.1. The van der Waals surface area contributed by atoms with E-state index in [2.05, 4.69) is 29.6 Å². The lowest BCUT2D eigenvalue weighted by Crippen LogP contribution is -2.13. The molecule has 0 saturated heterocycles. The van der Waals surface area contributed by atoms with Gasteiger partial charge in [-0.1, -0.05) is 30.3 Å². The maximum Gasteiger partial charge on any atom is 0.255 e. The van der Waals surface area contributed by atoms with Crippen LogP contribution < -0.4 is 14.8 Å². The predicted octanol–water partition coefficient (Wildman–Crippen LogP) is 5.07. The van der Waals surface area contributed by atoms with Crippen LogP contribution in [0.1, 0.15) is 10.4 Å². The van der Waals surface area contributed by atoms with Gasteiger partial charge in [0.05, 0.1) is 39.6 Å². The average molecular weight is 488 g/mol. The van der Waals surface area contributed by atoms with Crippen LogP contribution in [0.25, 0.3) is 21.5 Å². The number of rotatable bonds is 2. The van der Waals surface area contributed by atoms with Gasteiger partial charge in [-0.05, 0) is 57.9 Å². The lowest BCUT2D eigenvalue weighted by Gasteiger charge is -2.15. The molecule has 0 atom stereocenters. The van der Waals surface area contributed by atoms with Crippen molar-refractivity contribution in [2.45, 2.75) is 0 Å². The van der Waals surface area contributed by atoms with Crippen LogP contribution in [0, 0.1) is 0 Å². The fourth-order valence-electron chi connectivity index (χ4n) is 4.07. The van der Waals surface area contributed by atoms with E-state index in [1.165, 1.54) is 5.39 Å². The second-order valence-corrected chi connectivity index (χ2v) is 8.41. The number of ether oxygens (including phenoxy) is 5. The van der Waals surface area contributed by atoms with Crippen LogP contribution in [-0.4, -0.2) is 58.8 Å². The molecule has 7 heteroatoms. The van der Waals surface area contributed by atoms with Crippen LogP contribution in [0.3, 0.4) is 0 Å². The van der Waals surface area contributed by atoms with Gasteiger partial charge in [-0.15, -0.1) is 0 Å². The first kappa shape index (κ1) is 24.1. The zero-order chi connectivity index (χ0) is 24.6. The van der Waals surface area contributed by atoms with Crippen molar-refractivity contribution in [3.63, 3.8) is 0 Å². The number of carbonyl (C=O) groups is 1. The van der Waals surface area contributed by atoms with E-state index in [4.69, 9.17) is 23.7 Å². The average Bonchev–Trinajstić information content (AvgIpc) is 2.91. The topological polar surface area (TPSA) is 75.3 Å². The Hall–Kier alpha value is -3.65. The fourth-order valence-corrected chi connectivity index (χ4v) is 4.07. The third kappa shape index (κ3) is 6.12. The second kappa shape index (κ2) is 11.9. The highest BCUT2D eigenvalue weighted by Crippen LogP contribution is 2.31. The predicted molar refractivity (Wildman–Crippen MR) is 139 cm³/mol. The molecule has 0 radical (unpaired) electrons. The molecular formula is C29H29NO6. The molecular weight excluding hydrogens is 458 g/mol. The van der Waals surface area contributed by atoms with Crippen LogP contribution in [0.15, 0.2) is 72.8 Å². The normalized spacial score (nSPS) is 15.7. The molecule has 5 rings (SSSR count). The van der Waals surface area contributed by atoms with Gasteiger partial charge in [0.1, 0.15) is 13.2 Å². The Morgan fingerprint density at radius 3 is 1.83 bits per heavy atom. The Kier molecular flexibility index (Phi) is 7.93. The number of hydrogen-bond acceptors (Lipinski definition) is 6. The van der Waals surface area contributed by atoms with Gasteiger partial charge < -0.3 is 29.0 Å². The van der Waals surface area contributed by atoms with Gasteiger partial charge in [-0.2, -0.15) is 0 Å². The highest BCUT2D eigenvalue weighted by Gasteiger charge is 2.12. The Morgan fingerprint density at radius 2 is 1.14 bits per heavy atom. The molecule has 36 heavy (non-hydrogen) atoms. The van der Waals surface area contributed by atoms with Crippen LogP contribution in [0.2, 0.25) is 0 Å². The van der Waals surface area contributed by atoms with Crippen molar-refractivity contribution in [1.29, 1.82) is 0 Å². The minimum atomic E-state index is -0.195. The largest absolute Gasteiger partial charge is 0.487 e. The van der Waals surface area contributed by atoms with Crippen molar-refractivity contribution in [3.05, 3.63) is 78.4 Å². The van der Waals surface area contributed by atoms with E-state index in [0.717, 1.165) is 16.2 Å². The molecule has 0 bridgehead atoms. The number of hydrogen-bond donors (Lipinski definition) is 1. The Morgan fingerprint density at radius 1 is 0.556 bits per heavy atom. The Labute approximate surface area is 209 Å². The minimum Gasteiger partial charge on any atom is -0.487 e. The monoisotopic (exact) mass is 487 g/mol. The van der Waals surface area contributed by atoms with Crippen molar-refractivity contribution >= 4 is 33.1 Å². The first-order chi connectivity index (χ1) is 17.8. The van der Waals surface area contributed by atoms with Gasteiger partial charge in [0, 0.05) is 17.3 Å². The molecule has 4 aromatic rings. The summed E-state index contributed by atoms with van der Waals surface area (Å²) in [7, 11) is 0. The van der Waals surface area contributed by atoms with Crippen LogP contribution in [0.4, 0.5) is 5.69 Å². The third-order valence-corrected chi connectivity index (χ3v) is 5.88. The lowest BCUT2D eigenvalue weighted by atomic mass is 10.0. The van der Waals surface area contributed by atoms with Crippen molar-refractivity contribution < 1.29 is 28.5 Å². The summed E-state index contributed by atoms with van der Waals surface area (Å²) in [6.45, 7) is 3.61. The summed E-state index contributed by atoms with van der Waals surface area (Å²) in [6, 6.07) is 23.6. The molecule has 0 fully saturated rings. The summed E-state index contributed by atoms with van der Waals surface area (Å²) < 4.78 is 28.2. The number of amides is 1. The number of benzene rings is 4. The van der Waals surface area contributed by atoms with Gasteiger partial charge in [-0.25, -0.2) is 0 Å². The van der Waals surface area contributed by atoms with Crippen LogP contribution in [-0.2, 0) is 14.2 Å². The molecule has 186 valence electrons. The van der Waals surface area contributed by atoms with E-state index in [0.29, 0.717) is 75.6 Å². The number of anilines is 1. The summed E-state index contributed by atoms with van der Waals surface area (Å²) in [5, 5.41) is 7.41. The zero-order valence-corrected chi connectivity index (χ0v) is 20.0. The fraction of sp³-hybridized carbons (Fsp3) is 0.276. The van der Waals surface area contributed by atoms with Crippen molar-refractivity contribution in [3.8, 4) is 11.5 Å². The molecule has 0 saturated carbocycles. The Bertz CT molecular complexity index is 1340. The molecule has 0 aliphatic carbocycles.